The second-order valence-corrected chi connectivity index (χ2v) is 7.73. The van der Waals surface area contributed by atoms with Gasteiger partial charge in [-0.25, -0.2) is 8.42 Å². The normalized spacial score (nSPS) is 22.8. The summed E-state index contributed by atoms with van der Waals surface area (Å²) in [4.78, 5) is 0. The van der Waals surface area contributed by atoms with E-state index < -0.39 is 22.2 Å². The van der Waals surface area contributed by atoms with Crippen molar-refractivity contribution in [1.29, 1.82) is 0 Å². The van der Waals surface area contributed by atoms with Crippen molar-refractivity contribution in [3.05, 3.63) is 83.3 Å². The first-order chi connectivity index (χ1) is 12.1. The van der Waals surface area contributed by atoms with Gasteiger partial charge < -0.3 is 9.84 Å². The Morgan fingerprint density at radius 2 is 1.56 bits per heavy atom. The third kappa shape index (κ3) is 4.55. The summed E-state index contributed by atoms with van der Waals surface area (Å²) < 4.78 is 31.9. The lowest BCUT2D eigenvalue weighted by molar-refractivity contribution is 0.0267. The van der Waals surface area contributed by atoms with Crippen LogP contribution >= 0.6 is 0 Å². The zero-order valence-corrected chi connectivity index (χ0v) is 14.5. The zero-order valence-electron chi connectivity index (χ0n) is 13.7. The van der Waals surface area contributed by atoms with Crippen LogP contribution in [0.25, 0.3) is 0 Å². The van der Waals surface area contributed by atoms with Crippen LogP contribution in [0, 0.1) is 0 Å². The van der Waals surface area contributed by atoms with Gasteiger partial charge in [0.15, 0.2) is 0 Å². The Morgan fingerprint density at radius 3 is 2.20 bits per heavy atom. The molecule has 3 rings (SSSR count). The molecule has 0 fully saturated rings. The van der Waals surface area contributed by atoms with Gasteiger partial charge in [0.25, 0.3) is 0 Å². The maximum atomic E-state index is 12.4. The minimum Gasteiger partial charge on any atom is -0.387 e. The summed E-state index contributed by atoms with van der Waals surface area (Å²) in [6.07, 6.45) is 0.413. The van der Waals surface area contributed by atoms with Crippen molar-refractivity contribution in [2.45, 2.75) is 25.3 Å². The second-order valence-electron chi connectivity index (χ2n) is 5.96. The van der Waals surface area contributed by atoms with Crippen molar-refractivity contribution >= 4 is 10.0 Å². The van der Waals surface area contributed by atoms with E-state index in [0.717, 1.165) is 16.5 Å². The molecule has 0 radical (unpaired) electrons. The fourth-order valence-electron chi connectivity index (χ4n) is 2.77. The van der Waals surface area contributed by atoms with Crippen molar-refractivity contribution in [1.82, 2.24) is 4.31 Å². The van der Waals surface area contributed by atoms with Gasteiger partial charge in [-0.15, -0.1) is 0 Å². The van der Waals surface area contributed by atoms with E-state index in [2.05, 4.69) is 0 Å². The van der Waals surface area contributed by atoms with Gasteiger partial charge in [0.1, 0.15) is 0 Å². The Morgan fingerprint density at radius 1 is 0.960 bits per heavy atom. The molecule has 0 unspecified atom stereocenters. The Bertz CT molecular complexity index is 806. The molecule has 2 atom stereocenters. The molecule has 2 aromatic carbocycles. The van der Waals surface area contributed by atoms with E-state index in [1.807, 2.05) is 60.7 Å². The number of nitrogens with zero attached hydrogens (tertiary/aromatic N) is 1. The predicted molar refractivity (Wildman–Crippen MR) is 95.9 cm³/mol. The smallest absolute Gasteiger partial charge is 0.236 e. The largest absolute Gasteiger partial charge is 0.387 e. The van der Waals surface area contributed by atoms with Gasteiger partial charge in [0.2, 0.25) is 10.0 Å². The fourth-order valence-corrected chi connectivity index (χ4v) is 4.18. The molecular weight excluding hydrogens is 338 g/mol. The van der Waals surface area contributed by atoms with Crippen LogP contribution in [-0.2, 0) is 27.9 Å². The summed E-state index contributed by atoms with van der Waals surface area (Å²) in [7, 11) is -3.59. The predicted octanol–water partition coefficient (Wildman–Crippen LogP) is 2.29. The van der Waals surface area contributed by atoms with Crippen LogP contribution in [0.5, 0.6) is 0 Å². The molecule has 0 aliphatic carbocycles. The van der Waals surface area contributed by atoms with Crippen molar-refractivity contribution in [2.75, 3.05) is 6.61 Å². The minimum absolute atomic E-state index is 0.118. The van der Waals surface area contributed by atoms with Crippen LogP contribution in [0.3, 0.4) is 0 Å². The number of aliphatic hydroxyl groups is 1. The first-order valence-corrected chi connectivity index (χ1v) is 9.60. The van der Waals surface area contributed by atoms with Crippen LogP contribution in [0.2, 0.25) is 0 Å². The molecule has 0 spiro atoms. The highest BCUT2D eigenvalue weighted by Gasteiger charge is 2.36. The van der Waals surface area contributed by atoms with Crippen LogP contribution in [0.1, 0.15) is 11.1 Å². The summed E-state index contributed by atoms with van der Waals surface area (Å²) in [5, 5.41) is 11.3. The van der Waals surface area contributed by atoms with E-state index in [4.69, 9.17) is 4.74 Å². The lowest BCUT2D eigenvalue weighted by atomic mass is 10.1. The Labute approximate surface area is 148 Å². The quantitative estimate of drug-likeness (QED) is 0.859. The van der Waals surface area contributed by atoms with Crippen molar-refractivity contribution in [2.24, 2.45) is 0 Å². The maximum Gasteiger partial charge on any atom is 0.236 e. The molecule has 2 aromatic rings. The first-order valence-electron chi connectivity index (χ1n) is 8.10. The Hall–Kier alpha value is -1.99. The summed E-state index contributed by atoms with van der Waals surface area (Å²) in [5.41, 5.74) is 1.86. The van der Waals surface area contributed by atoms with Gasteiger partial charge in [0.05, 0.1) is 25.4 Å². The number of benzene rings is 2. The highest BCUT2D eigenvalue weighted by molar-refractivity contribution is 7.92. The van der Waals surface area contributed by atoms with E-state index in [0.29, 0.717) is 6.61 Å². The molecular formula is C19H21NO4S. The lowest BCUT2D eigenvalue weighted by Gasteiger charge is -2.34. The van der Waals surface area contributed by atoms with E-state index in [1.165, 1.54) is 10.4 Å². The monoisotopic (exact) mass is 359 g/mol. The molecule has 1 aliphatic rings. The Balaban J connectivity index is 1.72. The van der Waals surface area contributed by atoms with Gasteiger partial charge in [-0.2, -0.15) is 4.31 Å². The number of sulfonamides is 1. The molecule has 6 heteroatoms. The molecule has 1 heterocycles. The summed E-state index contributed by atoms with van der Waals surface area (Å²) in [6, 6.07) is 18.3. The third-order valence-electron chi connectivity index (χ3n) is 4.12. The van der Waals surface area contributed by atoms with Crippen LogP contribution in [0.4, 0.5) is 0 Å². The van der Waals surface area contributed by atoms with E-state index in [-0.39, 0.29) is 13.2 Å². The van der Waals surface area contributed by atoms with Crippen molar-refractivity contribution < 1.29 is 18.3 Å². The molecule has 25 heavy (non-hydrogen) atoms. The summed E-state index contributed by atoms with van der Waals surface area (Å²) >= 11 is 0. The van der Waals surface area contributed by atoms with Crippen molar-refractivity contribution in [3.8, 4) is 0 Å². The van der Waals surface area contributed by atoms with Crippen molar-refractivity contribution in [3.63, 3.8) is 0 Å². The van der Waals surface area contributed by atoms with Gasteiger partial charge in [-0.1, -0.05) is 60.7 Å². The van der Waals surface area contributed by atoms with Gasteiger partial charge in [-0.05, 0) is 17.2 Å². The molecule has 0 amide bonds. The van der Waals surface area contributed by atoms with Gasteiger partial charge >= 0.3 is 0 Å². The molecule has 1 aliphatic heterocycles. The maximum absolute atomic E-state index is 12.4. The molecule has 1 N–H and O–H groups in total. The summed E-state index contributed by atoms with van der Waals surface area (Å²) in [6.45, 7) is 0.684. The molecule has 0 aromatic heterocycles. The van der Waals surface area contributed by atoms with E-state index >= 15 is 0 Å². The third-order valence-corrected chi connectivity index (χ3v) is 5.67. The van der Waals surface area contributed by atoms with E-state index in [9.17, 15) is 13.5 Å². The van der Waals surface area contributed by atoms with E-state index in [1.54, 1.807) is 0 Å². The second kappa shape index (κ2) is 7.93. The number of ether oxygens (including phenoxy) is 1. The number of aliphatic hydroxyl groups excluding tert-OH is 1. The number of rotatable bonds is 6. The Kier molecular flexibility index (Phi) is 5.65. The number of hydrogen-bond acceptors (Lipinski definition) is 4. The molecule has 0 bridgehead atoms. The van der Waals surface area contributed by atoms with Crippen LogP contribution < -0.4 is 0 Å². The van der Waals surface area contributed by atoms with Gasteiger partial charge in [0, 0.05) is 12.0 Å². The molecule has 0 saturated heterocycles. The van der Waals surface area contributed by atoms with Crippen LogP contribution in [0.15, 0.2) is 72.1 Å². The lowest BCUT2D eigenvalue weighted by Crippen LogP contribution is -2.50. The highest BCUT2D eigenvalue weighted by atomic mass is 32.2. The fraction of sp³-hybridized carbons (Fsp3) is 0.263. The molecule has 5 nitrogen and oxygen atoms in total. The minimum atomic E-state index is -3.59. The molecule has 0 saturated carbocycles. The van der Waals surface area contributed by atoms with Crippen LogP contribution in [-0.4, -0.2) is 36.6 Å². The first kappa shape index (κ1) is 17.8. The SMILES string of the molecule is O=S1(=O)C=C[C@@H](O)[C@H](COCc2ccccc2)N1Cc1ccccc1. The molecule has 132 valence electrons. The average molecular weight is 359 g/mol. The summed E-state index contributed by atoms with van der Waals surface area (Å²) in [5.74, 6) is 0. The topological polar surface area (TPSA) is 66.8 Å². The zero-order chi connectivity index (χ0) is 17.7. The standard InChI is InChI=1S/C19H21NO4S/c21-19-11-12-25(22,23)20(13-16-7-3-1-4-8-16)18(19)15-24-14-17-9-5-2-6-10-17/h1-12,18-19,21H,13-15H2/t18-,19+/m0/s1. The highest BCUT2D eigenvalue weighted by Crippen LogP contribution is 2.23. The number of hydrogen-bond donors (Lipinski definition) is 1. The van der Waals surface area contributed by atoms with Gasteiger partial charge in [-0.3, -0.25) is 0 Å². The average Bonchev–Trinajstić information content (AvgIpc) is 2.63.